The maximum absolute atomic E-state index is 11.2. The maximum atomic E-state index is 11.2. The van der Waals surface area contributed by atoms with Crippen molar-refractivity contribution in [3.63, 3.8) is 0 Å². The van der Waals surface area contributed by atoms with E-state index in [4.69, 9.17) is 5.11 Å². The molecule has 0 saturated carbocycles. The minimum absolute atomic E-state index is 0.185. The van der Waals surface area contributed by atoms with E-state index in [0.717, 1.165) is 12.0 Å². The molecule has 2 aromatic carbocycles. The number of benzene rings is 2. The van der Waals surface area contributed by atoms with Crippen LogP contribution in [0.2, 0.25) is 0 Å². The first-order chi connectivity index (χ1) is 14.5. The lowest BCUT2D eigenvalue weighted by Crippen LogP contribution is -2.34. The molecule has 0 atom stereocenters. The Labute approximate surface area is 188 Å². The Hall–Kier alpha value is -2.35. The lowest BCUT2D eigenvalue weighted by Gasteiger charge is -2.42. The number of fused-ring (bicyclic) bond motifs is 1. The Balaban J connectivity index is 2.09. The van der Waals surface area contributed by atoms with Crippen molar-refractivity contribution in [3.05, 3.63) is 69.8 Å². The van der Waals surface area contributed by atoms with Crippen LogP contribution in [0.3, 0.4) is 0 Å². The third-order valence-corrected chi connectivity index (χ3v) is 7.09. The Morgan fingerprint density at radius 1 is 0.968 bits per heavy atom. The molecule has 1 aliphatic rings. The number of carboxylic acids is 1. The topological polar surface area (TPSA) is 37.3 Å². The largest absolute Gasteiger partial charge is 0.478 e. The van der Waals surface area contributed by atoms with Gasteiger partial charge in [-0.2, -0.15) is 0 Å². The second-order valence-corrected chi connectivity index (χ2v) is 10.5. The fourth-order valence-electron chi connectivity index (χ4n) is 4.85. The fraction of sp³-hybridized carbons (Fsp3) is 0.483. The van der Waals surface area contributed by atoms with Crippen molar-refractivity contribution < 1.29 is 9.90 Å². The van der Waals surface area contributed by atoms with E-state index in [1.807, 2.05) is 12.1 Å². The molecule has 1 N–H and O–H groups in total. The number of hydrogen-bond donors (Lipinski definition) is 1. The molecule has 2 heteroatoms. The SMILES string of the molecule is CCCCCc1cc2c(cc1C(C)=Cc1ccc(C(=O)O)cc1)C(C)(C)CCC2(C)C. The van der Waals surface area contributed by atoms with Gasteiger partial charge >= 0.3 is 5.97 Å². The zero-order valence-corrected chi connectivity index (χ0v) is 20.1. The molecule has 3 rings (SSSR count). The van der Waals surface area contributed by atoms with E-state index in [1.165, 1.54) is 59.9 Å². The molecule has 0 aliphatic heterocycles. The van der Waals surface area contributed by atoms with Gasteiger partial charge in [0.15, 0.2) is 0 Å². The Bertz CT molecular complexity index is 975. The average molecular weight is 419 g/mol. The highest BCUT2D eigenvalue weighted by Gasteiger charge is 2.37. The van der Waals surface area contributed by atoms with Gasteiger partial charge < -0.3 is 5.11 Å². The van der Waals surface area contributed by atoms with Crippen LogP contribution in [0.1, 0.15) is 112 Å². The maximum Gasteiger partial charge on any atom is 0.335 e. The van der Waals surface area contributed by atoms with E-state index < -0.39 is 5.97 Å². The van der Waals surface area contributed by atoms with Gasteiger partial charge in [-0.05, 0) is 89.0 Å². The van der Waals surface area contributed by atoms with Crippen LogP contribution >= 0.6 is 0 Å². The van der Waals surface area contributed by atoms with Crippen molar-refractivity contribution >= 4 is 17.6 Å². The second kappa shape index (κ2) is 9.02. The molecule has 2 aromatic rings. The normalized spacial score (nSPS) is 17.3. The average Bonchev–Trinajstić information content (AvgIpc) is 2.71. The van der Waals surface area contributed by atoms with Gasteiger partial charge in [0.1, 0.15) is 0 Å². The molecule has 0 bridgehead atoms. The third kappa shape index (κ3) is 5.11. The lowest BCUT2D eigenvalue weighted by molar-refractivity contribution is 0.0697. The van der Waals surface area contributed by atoms with Crippen LogP contribution in [-0.4, -0.2) is 11.1 Å². The molecular formula is C29H38O2. The summed E-state index contributed by atoms with van der Waals surface area (Å²) in [7, 11) is 0. The molecule has 0 fully saturated rings. The Morgan fingerprint density at radius 2 is 1.55 bits per heavy atom. The van der Waals surface area contributed by atoms with Crippen LogP contribution in [0.5, 0.6) is 0 Å². The highest BCUT2D eigenvalue weighted by atomic mass is 16.4. The van der Waals surface area contributed by atoms with Gasteiger partial charge in [0.25, 0.3) is 0 Å². The first-order valence-corrected chi connectivity index (χ1v) is 11.7. The molecule has 2 nitrogen and oxygen atoms in total. The number of carbonyl (C=O) groups is 1. The van der Waals surface area contributed by atoms with Gasteiger partial charge in [0, 0.05) is 0 Å². The van der Waals surface area contributed by atoms with Crippen molar-refractivity contribution in [2.75, 3.05) is 0 Å². The summed E-state index contributed by atoms with van der Waals surface area (Å²) in [5, 5.41) is 9.16. The minimum atomic E-state index is -0.884. The van der Waals surface area contributed by atoms with Gasteiger partial charge in [-0.25, -0.2) is 4.79 Å². The summed E-state index contributed by atoms with van der Waals surface area (Å²) in [6.07, 6.45) is 9.43. The van der Waals surface area contributed by atoms with Crippen molar-refractivity contribution in [1.29, 1.82) is 0 Å². The first kappa shape index (κ1) is 23.3. The minimum Gasteiger partial charge on any atom is -0.478 e. The van der Waals surface area contributed by atoms with Crippen molar-refractivity contribution in [2.45, 2.75) is 90.9 Å². The zero-order valence-electron chi connectivity index (χ0n) is 20.1. The number of aromatic carboxylic acids is 1. The fourth-order valence-corrected chi connectivity index (χ4v) is 4.85. The number of aryl methyl sites for hydroxylation is 1. The molecule has 0 unspecified atom stereocenters. The summed E-state index contributed by atoms with van der Waals surface area (Å²) < 4.78 is 0. The van der Waals surface area contributed by atoms with E-state index in [1.54, 1.807) is 12.1 Å². The van der Waals surface area contributed by atoms with E-state index in [2.05, 4.69) is 59.8 Å². The molecule has 0 heterocycles. The van der Waals surface area contributed by atoms with E-state index in [-0.39, 0.29) is 10.8 Å². The molecule has 0 saturated heterocycles. The summed E-state index contributed by atoms with van der Waals surface area (Å²) in [6.45, 7) is 14.0. The molecule has 31 heavy (non-hydrogen) atoms. The predicted octanol–water partition coefficient (Wildman–Crippen LogP) is 8.03. The Morgan fingerprint density at radius 3 is 2.10 bits per heavy atom. The number of carboxylic acid groups (broad SMARTS) is 1. The van der Waals surface area contributed by atoms with E-state index in [9.17, 15) is 4.79 Å². The van der Waals surface area contributed by atoms with Gasteiger partial charge in [-0.15, -0.1) is 0 Å². The summed E-state index contributed by atoms with van der Waals surface area (Å²) in [4.78, 5) is 11.2. The molecular weight excluding hydrogens is 380 g/mol. The van der Waals surface area contributed by atoms with Crippen LogP contribution < -0.4 is 0 Å². The van der Waals surface area contributed by atoms with Crippen LogP contribution in [0.4, 0.5) is 0 Å². The van der Waals surface area contributed by atoms with Crippen LogP contribution in [0, 0.1) is 0 Å². The summed E-state index contributed by atoms with van der Waals surface area (Å²) in [5.74, 6) is -0.884. The smallest absolute Gasteiger partial charge is 0.335 e. The zero-order chi connectivity index (χ0) is 22.8. The summed E-state index contributed by atoms with van der Waals surface area (Å²) >= 11 is 0. The standard InChI is InChI=1S/C29H38O2/c1-7-8-9-10-23-18-25-26(29(5,6)16-15-28(25,3)4)19-24(23)20(2)17-21-11-13-22(14-12-21)27(30)31/h11-14,17-19H,7-10,15-16H2,1-6H3,(H,30,31). The van der Waals surface area contributed by atoms with Crippen molar-refractivity contribution in [2.24, 2.45) is 0 Å². The van der Waals surface area contributed by atoms with Crippen LogP contribution in [-0.2, 0) is 17.3 Å². The predicted molar refractivity (Wildman–Crippen MR) is 132 cm³/mol. The molecule has 0 spiro atoms. The van der Waals surface area contributed by atoms with Gasteiger partial charge in [0.2, 0.25) is 0 Å². The summed E-state index contributed by atoms with van der Waals surface area (Å²) in [6, 6.07) is 12.1. The lowest BCUT2D eigenvalue weighted by atomic mass is 9.62. The van der Waals surface area contributed by atoms with E-state index in [0.29, 0.717) is 5.56 Å². The van der Waals surface area contributed by atoms with Gasteiger partial charge in [0.05, 0.1) is 5.56 Å². The molecule has 166 valence electrons. The molecule has 0 amide bonds. The van der Waals surface area contributed by atoms with Gasteiger partial charge in [-0.3, -0.25) is 0 Å². The van der Waals surface area contributed by atoms with Gasteiger partial charge in [-0.1, -0.05) is 77.8 Å². The third-order valence-electron chi connectivity index (χ3n) is 7.09. The quantitative estimate of drug-likeness (QED) is 0.365. The van der Waals surface area contributed by atoms with Crippen LogP contribution in [0.15, 0.2) is 36.4 Å². The number of hydrogen-bond acceptors (Lipinski definition) is 1. The first-order valence-electron chi connectivity index (χ1n) is 11.7. The van der Waals surface area contributed by atoms with Crippen molar-refractivity contribution in [1.82, 2.24) is 0 Å². The number of unbranched alkanes of at least 4 members (excludes halogenated alkanes) is 2. The highest BCUT2D eigenvalue weighted by molar-refractivity contribution is 5.88. The Kier molecular flexibility index (Phi) is 6.79. The molecule has 1 aliphatic carbocycles. The highest BCUT2D eigenvalue weighted by Crippen LogP contribution is 2.47. The van der Waals surface area contributed by atoms with E-state index >= 15 is 0 Å². The molecule has 0 aromatic heterocycles. The number of rotatable bonds is 7. The summed E-state index contributed by atoms with van der Waals surface area (Å²) in [5.41, 5.74) is 8.84. The van der Waals surface area contributed by atoms with Crippen LogP contribution in [0.25, 0.3) is 11.6 Å². The second-order valence-electron chi connectivity index (χ2n) is 10.5. The van der Waals surface area contributed by atoms with Crippen molar-refractivity contribution in [3.8, 4) is 0 Å². The molecule has 0 radical (unpaired) electrons. The monoisotopic (exact) mass is 418 g/mol. The number of allylic oxidation sites excluding steroid dienone is 1.